The largest absolute Gasteiger partial charge is 0.466 e. The van der Waals surface area contributed by atoms with Crippen molar-refractivity contribution in [3.63, 3.8) is 0 Å². The van der Waals surface area contributed by atoms with Gasteiger partial charge in [-0.15, -0.1) is 0 Å². The van der Waals surface area contributed by atoms with E-state index in [2.05, 4.69) is 35.3 Å². The molecule has 0 unspecified atom stereocenters. The zero-order chi connectivity index (χ0) is 22.0. The molecule has 1 aromatic carbocycles. The van der Waals surface area contributed by atoms with Gasteiger partial charge in [-0.05, 0) is 24.8 Å². The van der Waals surface area contributed by atoms with Crippen molar-refractivity contribution < 1.29 is 19.1 Å². The van der Waals surface area contributed by atoms with Gasteiger partial charge in [0.1, 0.15) is 6.10 Å². The average Bonchev–Trinajstić information content (AvgIpc) is 2.66. The number of esters is 2. The van der Waals surface area contributed by atoms with E-state index in [1.165, 1.54) is 12.1 Å². The van der Waals surface area contributed by atoms with Gasteiger partial charge >= 0.3 is 11.9 Å². The van der Waals surface area contributed by atoms with Crippen LogP contribution in [0.1, 0.15) is 40.5 Å². The number of benzene rings is 1. The summed E-state index contributed by atoms with van der Waals surface area (Å²) >= 11 is 0. The van der Waals surface area contributed by atoms with Gasteiger partial charge in [-0.1, -0.05) is 67.6 Å². The molecule has 0 N–H and O–H groups in total. The number of hydrogen-bond donors (Lipinski definition) is 0. The van der Waals surface area contributed by atoms with Crippen LogP contribution in [-0.2, 0) is 19.1 Å². The number of carbonyl (C=O) groups excluding carboxylic acids is 2. The molecular weight excluding hydrogens is 386 g/mol. The first kappa shape index (κ1) is 24.7. The fourth-order valence-electron chi connectivity index (χ4n) is 3.86. The predicted molar refractivity (Wildman–Crippen MR) is 117 cm³/mol. The minimum Gasteiger partial charge on any atom is -0.466 e. The van der Waals surface area contributed by atoms with Crippen LogP contribution in [0.25, 0.3) is 10.4 Å². The van der Waals surface area contributed by atoms with Crippen molar-refractivity contribution in [2.24, 2.45) is 11.0 Å². The molecule has 0 aromatic heterocycles. The molecular formula is C21H33N3O4Si. The van der Waals surface area contributed by atoms with E-state index in [-0.39, 0.29) is 29.8 Å². The summed E-state index contributed by atoms with van der Waals surface area (Å²) in [6.45, 7) is 11.8. The highest BCUT2D eigenvalue weighted by atomic mass is 28.3. The topological polar surface area (TPSA) is 101 Å². The summed E-state index contributed by atoms with van der Waals surface area (Å²) in [6, 6.07) is 9.58. The Kier molecular flexibility index (Phi) is 9.92. The standard InChI is InChI=1S/C21H33N3O4Si/c1-7-27-19(26)14-13-18(23-24-22)21(20(15(2)3)28-16(4)25)29(5,6)17-11-9-8-10-12-17/h8-12,15,18,20-21H,7,13-14H2,1-6H3/t18-,20-,21+/m0/s1. The van der Waals surface area contributed by atoms with E-state index in [9.17, 15) is 15.1 Å². The smallest absolute Gasteiger partial charge is 0.305 e. The van der Waals surface area contributed by atoms with Crippen LogP contribution in [0.3, 0.4) is 0 Å². The summed E-state index contributed by atoms with van der Waals surface area (Å²) in [5, 5.41) is 5.25. The molecule has 0 aliphatic rings. The third kappa shape index (κ3) is 7.22. The lowest BCUT2D eigenvalue weighted by Gasteiger charge is -2.42. The van der Waals surface area contributed by atoms with Gasteiger partial charge in [0.15, 0.2) is 0 Å². The molecule has 3 atom stereocenters. The fourth-order valence-corrected chi connectivity index (χ4v) is 7.77. The lowest BCUT2D eigenvalue weighted by Crippen LogP contribution is -2.55. The lowest BCUT2D eigenvalue weighted by atomic mass is 9.96. The first-order valence-electron chi connectivity index (χ1n) is 10.1. The van der Waals surface area contributed by atoms with E-state index in [1.807, 2.05) is 32.0 Å². The highest BCUT2D eigenvalue weighted by Gasteiger charge is 2.46. The third-order valence-electron chi connectivity index (χ3n) is 5.23. The first-order valence-corrected chi connectivity index (χ1v) is 13.1. The Morgan fingerprint density at radius 2 is 1.83 bits per heavy atom. The summed E-state index contributed by atoms with van der Waals surface area (Å²) in [6.07, 6.45) is 0.0755. The maximum absolute atomic E-state index is 11.9. The van der Waals surface area contributed by atoms with Gasteiger partial charge in [-0.3, -0.25) is 9.59 Å². The molecule has 0 amide bonds. The summed E-state index contributed by atoms with van der Waals surface area (Å²) in [5.41, 5.74) is 9.05. The van der Waals surface area contributed by atoms with Crippen LogP contribution in [0, 0.1) is 5.92 Å². The van der Waals surface area contributed by atoms with Crippen molar-refractivity contribution >= 4 is 25.2 Å². The van der Waals surface area contributed by atoms with E-state index < -0.39 is 20.2 Å². The molecule has 0 heterocycles. The molecule has 0 spiro atoms. The van der Waals surface area contributed by atoms with E-state index in [1.54, 1.807) is 6.92 Å². The lowest BCUT2D eigenvalue weighted by molar-refractivity contribution is -0.149. The Balaban J connectivity index is 3.43. The number of nitrogens with zero attached hydrogens (tertiary/aromatic N) is 3. The normalized spacial score (nSPS) is 14.4. The van der Waals surface area contributed by atoms with Crippen LogP contribution in [-0.4, -0.2) is 38.8 Å². The minimum atomic E-state index is -2.29. The zero-order valence-electron chi connectivity index (χ0n) is 18.3. The molecule has 0 saturated carbocycles. The molecule has 1 aromatic rings. The second-order valence-corrected chi connectivity index (χ2v) is 12.7. The van der Waals surface area contributed by atoms with E-state index in [0.29, 0.717) is 13.0 Å². The first-order chi connectivity index (χ1) is 13.6. The molecule has 0 radical (unpaired) electrons. The Hall–Kier alpha value is -2.31. The summed E-state index contributed by atoms with van der Waals surface area (Å²) < 4.78 is 10.8. The van der Waals surface area contributed by atoms with Gasteiger partial charge in [-0.25, -0.2) is 0 Å². The second-order valence-electron chi connectivity index (χ2n) is 8.05. The van der Waals surface area contributed by atoms with E-state index in [0.717, 1.165) is 0 Å². The van der Waals surface area contributed by atoms with Crippen molar-refractivity contribution in [2.75, 3.05) is 6.61 Å². The molecule has 1 rings (SSSR count). The van der Waals surface area contributed by atoms with E-state index in [4.69, 9.17) is 9.47 Å². The van der Waals surface area contributed by atoms with Crippen LogP contribution in [0.2, 0.25) is 18.6 Å². The number of azide groups is 1. The molecule has 8 heteroatoms. The predicted octanol–water partition coefficient (Wildman–Crippen LogP) is 4.58. The molecule has 0 saturated heterocycles. The Bertz CT molecular complexity index is 718. The summed E-state index contributed by atoms with van der Waals surface area (Å²) in [5.74, 6) is -0.660. The number of ether oxygens (including phenoxy) is 2. The molecule has 0 aliphatic heterocycles. The van der Waals surface area contributed by atoms with Crippen LogP contribution in [0.15, 0.2) is 35.4 Å². The van der Waals surface area contributed by atoms with Crippen LogP contribution < -0.4 is 5.19 Å². The van der Waals surface area contributed by atoms with Crippen molar-refractivity contribution in [3.8, 4) is 0 Å². The molecule has 0 fully saturated rings. The molecule has 160 valence electrons. The van der Waals surface area contributed by atoms with Gasteiger partial charge in [0.25, 0.3) is 0 Å². The number of rotatable bonds is 11. The highest BCUT2D eigenvalue weighted by molar-refractivity contribution is 6.91. The maximum Gasteiger partial charge on any atom is 0.305 e. The van der Waals surface area contributed by atoms with Crippen molar-refractivity contribution in [1.29, 1.82) is 0 Å². The minimum absolute atomic E-state index is 0.0263. The zero-order valence-corrected chi connectivity index (χ0v) is 19.3. The maximum atomic E-state index is 11.9. The monoisotopic (exact) mass is 419 g/mol. The Labute approximate surface area is 174 Å². The highest BCUT2D eigenvalue weighted by Crippen LogP contribution is 2.38. The van der Waals surface area contributed by atoms with Crippen molar-refractivity contribution in [2.45, 2.75) is 71.3 Å². The number of carbonyl (C=O) groups is 2. The van der Waals surface area contributed by atoms with Crippen LogP contribution in [0.5, 0.6) is 0 Å². The number of hydrogen-bond acceptors (Lipinski definition) is 5. The van der Waals surface area contributed by atoms with Crippen molar-refractivity contribution in [1.82, 2.24) is 0 Å². The van der Waals surface area contributed by atoms with Gasteiger partial charge < -0.3 is 9.47 Å². The Morgan fingerprint density at radius 3 is 2.31 bits per heavy atom. The SMILES string of the molecule is CCOC(=O)CC[C@H](N=[N+]=[N-])[C@H]([C@@H](OC(C)=O)C(C)C)[Si](C)(C)c1ccccc1. The molecule has 0 aliphatic carbocycles. The molecule has 29 heavy (non-hydrogen) atoms. The fraction of sp³-hybridized carbons (Fsp3) is 0.619. The van der Waals surface area contributed by atoms with Crippen LogP contribution >= 0.6 is 0 Å². The van der Waals surface area contributed by atoms with Gasteiger partial charge in [-0.2, -0.15) is 0 Å². The molecule has 0 bridgehead atoms. The van der Waals surface area contributed by atoms with E-state index >= 15 is 0 Å². The second kappa shape index (κ2) is 11.6. The van der Waals surface area contributed by atoms with Gasteiger partial charge in [0.05, 0.1) is 14.7 Å². The van der Waals surface area contributed by atoms with Crippen molar-refractivity contribution in [3.05, 3.63) is 40.8 Å². The average molecular weight is 420 g/mol. The summed E-state index contributed by atoms with van der Waals surface area (Å²) in [4.78, 5) is 26.9. The van der Waals surface area contributed by atoms with Crippen LogP contribution in [0.4, 0.5) is 0 Å². The Morgan fingerprint density at radius 1 is 1.21 bits per heavy atom. The molecule has 7 nitrogen and oxygen atoms in total. The van der Waals surface area contributed by atoms with Gasteiger partial charge in [0, 0.05) is 29.8 Å². The quantitative estimate of drug-likeness (QED) is 0.172. The summed E-state index contributed by atoms with van der Waals surface area (Å²) in [7, 11) is -2.29. The third-order valence-corrected chi connectivity index (χ3v) is 9.43. The van der Waals surface area contributed by atoms with Gasteiger partial charge in [0.2, 0.25) is 0 Å².